The van der Waals surface area contributed by atoms with Crippen LogP contribution in [0.1, 0.15) is 23.7 Å². The van der Waals surface area contributed by atoms with Crippen molar-refractivity contribution in [1.82, 2.24) is 14.8 Å². The second kappa shape index (κ2) is 6.23. The molecule has 4 nitrogen and oxygen atoms in total. The molecule has 1 aromatic carbocycles. The predicted octanol–water partition coefficient (Wildman–Crippen LogP) is 2.15. The zero-order chi connectivity index (χ0) is 15.7. The van der Waals surface area contributed by atoms with E-state index in [0.717, 1.165) is 61.3 Å². The lowest BCUT2D eigenvalue weighted by Gasteiger charge is -2.32. The number of piperazine rings is 1. The highest BCUT2D eigenvalue weighted by atomic mass is 16.1. The summed E-state index contributed by atoms with van der Waals surface area (Å²) in [6.45, 7) is 9.11. The fourth-order valence-corrected chi connectivity index (χ4v) is 3.25. The van der Waals surface area contributed by atoms with Gasteiger partial charge >= 0.3 is 0 Å². The van der Waals surface area contributed by atoms with Crippen LogP contribution in [0.2, 0.25) is 0 Å². The number of likely N-dealkylation sites (N-methyl/N-ethyl adjacent to an activating group) is 1. The van der Waals surface area contributed by atoms with Crippen molar-refractivity contribution >= 4 is 10.9 Å². The Morgan fingerprint density at radius 3 is 2.59 bits per heavy atom. The Bertz CT molecular complexity index is 727. The number of nitrogens with zero attached hydrogens (tertiary/aromatic N) is 2. The van der Waals surface area contributed by atoms with Gasteiger partial charge in [0, 0.05) is 49.4 Å². The van der Waals surface area contributed by atoms with E-state index in [4.69, 9.17) is 0 Å². The second-order valence-electron chi connectivity index (χ2n) is 6.33. The molecular formula is C18H25N3O. The largest absolute Gasteiger partial charge is 0.358 e. The number of H-pyrrole nitrogens is 1. The van der Waals surface area contributed by atoms with Crippen LogP contribution in [0.15, 0.2) is 23.0 Å². The standard InChI is InChI=1S/C18H25N3O/c1-4-14-6-5-7-15-17(14)19-13(2)16(18(15)22)12-21-10-8-20(3)9-11-21/h5-7H,4,8-12H2,1-3H3,(H,19,22). The maximum Gasteiger partial charge on any atom is 0.194 e. The number of fused-ring (bicyclic) bond motifs is 1. The van der Waals surface area contributed by atoms with Gasteiger partial charge < -0.3 is 9.88 Å². The molecule has 0 saturated carbocycles. The summed E-state index contributed by atoms with van der Waals surface area (Å²) in [6, 6.07) is 6.03. The van der Waals surface area contributed by atoms with E-state index >= 15 is 0 Å². The van der Waals surface area contributed by atoms with Crippen LogP contribution in [0.5, 0.6) is 0 Å². The topological polar surface area (TPSA) is 39.3 Å². The molecule has 0 unspecified atom stereocenters. The molecule has 118 valence electrons. The third kappa shape index (κ3) is 2.81. The molecule has 1 aliphatic heterocycles. The van der Waals surface area contributed by atoms with E-state index in [9.17, 15) is 4.79 Å². The minimum atomic E-state index is 0.195. The molecule has 0 bridgehead atoms. The Kier molecular flexibility index (Phi) is 4.32. The normalized spacial score (nSPS) is 17.2. The van der Waals surface area contributed by atoms with Crippen molar-refractivity contribution in [2.24, 2.45) is 0 Å². The summed E-state index contributed by atoms with van der Waals surface area (Å²) in [7, 11) is 2.15. The summed E-state index contributed by atoms with van der Waals surface area (Å²) in [5.41, 5.74) is 4.35. The van der Waals surface area contributed by atoms with Crippen LogP contribution in [-0.4, -0.2) is 48.0 Å². The first-order valence-electron chi connectivity index (χ1n) is 8.14. The summed E-state index contributed by atoms with van der Waals surface area (Å²) in [5.74, 6) is 0. The molecule has 2 aromatic rings. The molecule has 1 aromatic heterocycles. The molecular weight excluding hydrogens is 274 g/mol. The minimum absolute atomic E-state index is 0.195. The van der Waals surface area contributed by atoms with Gasteiger partial charge in [0.15, 0.2) is 5.43 Å². The Balaban J connectivity index is 1.98. The first kappa shape index (κ1) is 15.3. The molecule has 0 atom stereocenters. The van der Waals surface area contributed by atoms with Crippen molar-refractivity contribution < 1.29 is 0 Å². The van der Waals surface area contributed by atoms with Gasteiger partial charge in [0.1, 0.15) is 0 Å². The van der Waals surface area contributed by atoms with E-state index in [-0.39, 0.29) is 5.43 Å². The van der Waals surface area contributed by atoms with Crippen LogP contribution in [0, 0.1) is 6.92 Å². The monoisotopic (exact) mass is 299 g/mol. The number of aromatic nitrogens is 1. The van der Waals surface area contributed by atoms with E-state index in [0.29, 0.717) is 0 Å². The summed E-state index contributed by atoms with van der Waals surface area (Å²) in [6.07, 6.45) is 0.935. The molecule has 1 fully saturated rings. The lowest BCUT2D eigenvalue weighted by molar-refractivity contribution is 0.147. The van der Waals surface area contributed by atoms with Gasteiger partial charge in [-0.1, -0.05) is 19.1 Å². The van der Waals surface area contributed by atoms with E-state index in [1.807, 2.05) is 19.1 Å². The molecule has 1 saturated heterocycles. The van der Waals surface area contributed by atoms with Gasteiger partial charge in [0.05, 0.1) is 5.52 Å². The number of pyridine rings is 1. The van der Waals surface area contributed by atoms with Crippen LogP contribution in [0.25, 0.3) is 10.9 Å². The number of rotatable bonds is 3. The third-order valence-electron chi connectivity index (χ3n) is 4.79. The molecule has 3 rings (SSSR count). The van der Waals surface area contributed by atoms with Gasteiger partial charge in [0.2, 0.25) is 0 Å². The van der Waals surface area contributed by atoms with E-state index in [1.54, 1.807) is 0 Å². The van der Waals surface area contributed by atoms with Crippen molar-refractivity contribution in [2.75, 3.05) is 33.2 Å². The number of hydrogen-bond donors (Lipinski definition) is 1. The van der Waals surface area contributed by atoms with Gasteiger partial charge in [-0.2, -0.15) is 0 Å². The minimum Gasteiger partial charge on any atom is -0.358 e. The Morgan fingerprint density at radius 1 is 1.18 bits per heavy atom. The van der Waals surface area contributed by atoms with Gasteiger partial charge in [-0.05, 0) is 32.0 Å². The smallest absolute Gasteiger partial charge is 0.194 e. The van der Waals surface area contributed by atoms with E-state index < -0.39 is 0 Å². The van der Waals surface area contributed by atoms with Crippen molar-refractivity contribution in [1.29, 1.82) is 0 Å². The van der Waals surface area contributed by atoms with Crippen molar-refractivity contribution in [3.8, 4) is 0 Å². The number of para-hydroxylation sites is 1. The number of aromatic amines is 1. The van der Waals surface area contributed by atoms with Crippen LogP contribution >= 0.6 is 0 Å². The number of hydrogen-bond acceptors (Lipinski definition) is 3. The maximum atomic E-state index is 12.9. The summed E-state index contributed by atoms with van der Waals surface area (Å²) in [5, 5.41) is 0.828. The van der Waals surface area contributed by atoms with Crippen LogP contribution < -0.4 is 5.43 Å². The molecule has 0 spiro atoms. The Morgan fingerprint density at radius 2 is 1.91 bits per heavy atom. The van der Waals surface area contributed by atoms with Gasteiger partial charge in [-0.3, -0.25) is 9.69 Å². The average molecular weight is 299 g/mol. The van der Waals surface area contributed by atoms with Crippen molar-refractivity contribution in [3.05, 3.63) is 45.2 Å². The molecule has 1 N–H and O–H groups in total. The van der Waals surface area contributed by atoms with E-state index in [2.05, 4.69) is 34.8 Å². The first-order valence-corrected chi connectivity index (χ1v) is 8.14. The highest BCUT2D eigenvalue weighted by Gasteiger charge is 2.18. The Labute approximate surface area is 131 Å². The second-order valence-corrected chi connectivity index (χ2v) is 6.33. The van der Waals surface area contributed by atoms with Gasteiger partial charge in [-0.15, -0.1) is 0 Å². The highest BCUT2D eigenvalue weighted by Crippen LogP contribution is 2.17. The molecule has 1 aliphatic rings. The van der Waals surface area contributed by atoms with Crippen LogP contribution in [0.3, 0.4) is 0 Å². The quantitative estimate of drug-likeness (QED) is 0.944. The first-order chi connectivity index (χ1) is 10.6. The highest BCUT2D eigenvalue weighted by molar-refractivity contribution is 5.82. The maximum absolute atomic E-state index is 12.9. The summed E-state index contributed by atoms with van der Waals surface area (Å²) >= 11 is 0. The summed E-state index contributed by atoms with van der Waals surface area (Å²) in [4.78, 5) is 21.1. The summed E-state index contributed by atoms with van der Waals surface area (Å²) < 4.78 is 0. The fourth-order valence-electron chi connectivity index (χ4n) is 3.25. The molecule has 0 radical (unpaired) electrons. The lowest BCUT2D eigenvalue weighted by Crippen LogP contribution is -2.44. The Hall–Kier alpha value is -1.65. The van der Waals surface area contributed by atoms with Crippen LogP contribution in [0.4, 0.5) is 0 Å². The number of nitrogens with one attached hydrogen (secondary N) is 1. The molecule has 0 amide bonds. The van der Waals surface area contributed by atoms with Crippen molar-refractivity contribution in [3.63, 3.8) is 0 Å². The molecule has 22 heavy (non-hydrogen) atoms. The average Bonchev–Trinajstić information content (AvgIpc) is 2.53. The number of benzene rings is 1. The lowest BCUT2D eigenvalue weighted by atomic mass is 10.0. The fraction of sp³-hybridized carbons (Fsp3) is 0.500. The molecule has 4 heteroatoms. The molecule has 0 aliphatic carbocycles. The number of aryl methyl sites for hydroxylation is 2. The zero-order valence-corrected chi connectivity index (χ0v) is 13.8. The van der Waals surface area contributed by atoms with E-state index in [1.165, 1.54) is 5.56 Å². The molecule has 2 heterocycles. The van der Waals surface area contributed by atoms with Gasteiger partial charge in [0.25, 0.3) is 0 Å². The SMILES string of the molecule is CCc1cccc2c(=O)c(CN3CCN(C)CC3)c(C)[nH]c12. The third-order valence-corrected chi connectivity index (χ3v) is 4.79. The zero-order valence-electron chi connectivity index (χ0n) is 13.8. The van der Waals surface area contributed by atoms with Gasteiger partial charge in [-0.25, -0.2) is 0 Å². The van der Waals surface area contributed by atoms with Crippen LogP contribution in [-0.2, 0) is 13.0 Å². The predicted molar refractivity (Wildman–Crippen MR) is 91.5 cm³/mol. The van der Waals surface area contributed by atoms with Crippen molar-refractivity contribution in [2.45, 2.75) is 26.8 Å².